The highest BCUT2D eigenvalue weighted by Gasteiger charge is 2.61. The van der Waals surface area contributed by atoms with Crippen molar-refractivity contribution >= 4 is 10.1 Å². The lowest BCUT2D eigenvalue weighted by Gasteiger charge is -2.22. The molecule has 90 valence electrons. The zero-order valence-corrected chi connectivity index (χ0v) is 10.0. The van der Waals surface area contributed by atoms with Crippen LogP contribution in [0.3, 0.4) is 0 Å². The zero-order valence-electron chi connectivity index (χ0n) is 9.19. The monoisotopic (exact) mass is 245 g/mol. The normalized spacial score (nSPS) is 33.5. The summed E-state index contributed by atoms with van der Waals surface area (Å²) in [5.74, 6) is -0.477. The minimum atomic E-state index is -4.20. The van der Waals surface area contributed by atoms with E-state index in [9.17, 15) is 13.5 Å². The topological polar surface area (TPSA) is 86.6 Å². The third-order valence-corrected chi connectivity index (χ3v) is 4.28. The Morgan fingerprint density at radius 1 is 1.62 bits per heavy atom. The number of likely N-dealkylation sites (N-methyl/N-ethyl adjacent to an activating group) is 1. The first kappa shape index (κ1) is 11.8. The van der Waals surface area contributed by atoms with Crippen molar-refractivity contribution in [1.29, 1.82) is 0 Å². The quantitative estimate of drug-likeness (QED) is 0.612. The maximum atomic E-state index is 11.1. The Labute approximate surface area is 94.6 Å². The Morgan fingerprint density at radius 3 is 2.75 bits per heavy atom. The Kier molecular flexibility index (Phi) is 2.50. The molecule has 2 aliphatic carbocycles. The minimum Gasteiger partial charge on any atom is -0.385 e. The van der Waals surface area contributed by atoms with Crippen molar-refractivity contribution in [3.63, 3.8) is 0 Å². The van der Waals surface area contributed by atoms with E-state index >= 15 is 0 Å². The van der Waals surface area contributed by atoms with Crippen LogP contribution in [-0.4, -0.2) is 37.3 Å². The van der Waals surface area contributed by atoms with E-state index in [2.05, 4.69) is 5.32 Å². The van der Waals surface area contributed by atoms with E-state index in [4.69, 9.17) is 4.55 Å². The molecule has 5 nitrogen and oxygen atoms in total. The summed E-state index contributed by atoms with van der Waals surface area (Å²) in [4.78, 5) is -0.0626. The molecule has 0 aromatic carbocycles. The van der Waals surface area contributed by atoms with Crippen molar-refractivity contribution in [2.75, 3.05) is 13.6 Å². The second-order valence-electron chi connectivity index (χ2n) is 4.39. The average Bonchev–Trinajstić information content (AvgIpc) is 2.81. The van der Waals surface area contributed by atoms with Crippen LogP contribution >= 0.6 is 0 Å². The molecule has 0 heterocycles. The number of rotatable bonds is 3. The number of allylic oxidation sites excluding steroid dienone is 2. The summed E-state index contributed by atoms with van der Waals surface area (Å²) in [6.45, 7) is 2.26. The van der Waals surface area contributed by atoms with Gasteiger partial charge < -0.3 is 10.4 Å². The van der Waals surface area contributed by atoms with Crippen molar-refractivity contribution < 1.29 is 18.1 Å². The Morgan fingerprint density at radius 2 is 2.25 bits per heavy atom. The summed E-state index contributed by atoms with van der Waals surface area (Å²) >= 11 is 0. The fraction of sp³-hybridized carbons (Fsp3) is 0.600. The van der Waals surface area contributed by atoms with Gasteiger partial charge >= 0.3 is 0 Å². The number of aliphatic hydroxyl groups is 1. The van der Waals surface area contributed by atoms with Crippen LogP contribution in [0.25, 0.3) is 0 Å². The van der Waals surface area contributed by atoms with Crippen molar-refractivity contribution in [2.24, 2.45) is 5.92 Å². The molecule has 1 unspecified atom stereocenters. The lowest BCUT2D eigenvalue weighted by atomic mass is 9.95. The van der Waals surface area contributed by atoms with Crippen molar-refractivity contribution in [1.82, 2.24) is 5.32 Å². The summed E-state index contributed by atoms with van der Waals surface area (Å²) in [5.41, 5.74) is 0.443. The highest BCUT2D eigenvalue weighted by Crippen LogP contribution is 2.57. The molecule has 0 spiro atoms. The zero-order chi connectivity index (χ0) is 12.1. The van der Waals surface area contributed by atoms with Gasteiger partial charge in [0.15, 0.2) is 0 Å². The van der Waals surface area contributed by atoms with E-state index in [-0.39, 0.29) is 4.91 Å². The molecule has 0 radical (unpaired) electrons. The summed E-state index contributed by atoms with van der Waals surface area (Å²) in [5, 5.41) is 13.2. The van der Waals surface area contributed by atoms with Crippen LogP contribution in [-0.2, 0) is 10.1 Å². The van der Waals surface area contributed by atoms with Gasteiger partial charge in [-0.2, -0.15) is 8.42 Å². The molecule has 16 heavy (non-hydrogen) atoms. The molecule has 2 rings (SSSR count). The smallest absolute Gasteiger partial charge is 0.291 e. The van der Waals surface area contributed by atoms with E-state index in [1.807, 2.05) is 0 Å². The molecule has 0 saturated heterocycles. The van der Waals surface area contributed by atoms with E-state index in [0.717, 1.165) is 5.57 Å². The SMILES string of the molecule is CNCC1=C(C)C=C(S(=O)(=O)O)[C@H]2CC12O. The summed E-state index contributed by atoms with van der Waals surface area (Å²) < 4.78 is 31.3. The van der Waals surface area contributed by atoms with Gasteiger partial charge in [0.2, 0.25) is 0 Å². The van der Waals surface area contributed by atoms with Crippen LogP contribution in [0.5, 0.6) is 0 Å². The molecule has 0 aromatic rings. The van der Waals surface area contributed by atoms with Gasteiger partial charge in [-0.1, -0.05) is 0 Å². The van der Waals surface area contributed by atoms with Gasteiger partial charge in [0.05, 0.1) is 10.5 Å². The third kappa shape index (κ3) is 1.62. The fourth-order valence-electron chi connectivity index (χ4n) is 2.39. The van der Waals surface area contributed by atoms with Crippen LogP contribution in [0, 0.1) is 5.92 Å². The maximum Gasteiger partial charge on any atom is 0.291 e. The van der Waals surface area contributed by atoms with Gasteiger partial charge in [-0.15, -0.1) is 0 Å². The highest BCUT2D eigenvalue weighted by molar-refractivity contribution is 7.89. The van der Waals surface area contributed by atoms with E-state index in [1.54, 1.807) is 14.0 Å². The van der Waals surface area contributed by atoms with E-state index in [1.165, 1.54) is 6.08 Å². The van der Waals surface area contributed by atoms with Gasteiger partial charge in [-0.25, -0.2) is 0 Å². The number of hydrogen-bond donors (Lipinski definition) is 3. The van der Waals surface area contributed by atoms with Crippen LogP contribution in [0.4, 0.5) is 0 Å². The number of fused-ring (bicyclic) bond motifs is 1. The first-order chi connectivity index (χ1) is 7.30. The van der Waals surface area contributed by atoms with Crippen molar-refractivity contribution in [3.05, 3.63) is 22.1 Å². The summed E-state index contributed by atoms with van der Waals surface area (Å²) in [6.07, 6.45) is 1.82. The molecular formula is C10H15NO4S. The molecule has 0 bridgehead atoms. The van der Waals surface area contributed by atoms with Gasteiger partial charge in [0.25, 0.3) is 10.1 Å². The largest absolute Gasteiger partial charge is 0.385 e. The molecular weight excluding hydrogens is 230 g/mol. The Hall–Kier alpha value is -0.690. The highest BCUT2D eigenvalue weighted by atomic mass is 32.2. The lowest BCUT2D eigenvalue weighted by molar-refractivity contribution is 0.171. The molecule has 0 amide bonds. The third-order valence-electron chi connectivity index (χ3n) is 3.28. The predicted octanol–water partition coefficient (Wildman–Crippen LogP) is 0.0586. The number of hydrogen-bond acceptors (Lipinski definition) is 4. The molecule has 2 atom stereocenters. The maximum absolute atomic E-state index is 11.1. The molecule has 0 aromatic heterocycles. The molecule has 6 heteroatoms. The van der Waals surface area contributed by atoms with Gasteiger partial charge in [-0.05, 0) is 37.6 Å². The van der Waals surface area contributed by atoms with Gasteiger partial charge in [-0.3, -0.25) is 4.55 Å². The Bertz CT molecular complexity index is 491. The van der Waals surface area contributed by atoms with Crippen LogP contribution in [0.2, 0.25) is 0 Å². The summed E-state index contributed by atoms with van der Waals surface area (Å²) in [7, 11) is -2.43. The van der Waals surface area contributed by atoms with Gasteiger partial charge in [0, 0.05) is 12.5 Å². The minimum absolute atomic E-state index is 0.0626. The van der Waals surface area contributed by atoms with E-state index in [0.29, 0.717) is 18.5 Å². The first-order valence-electron chi connectivity index (χ1n) is 5.07. The summed E-state index contributed by atoms with van der Waals surface area (Å²) in [6, 6.07) is 0. The first-order valence-corrected chi connectivity index (χ1v) is 6.51. The van der Waals surface area contributed by atoms with E-state index < -0.39 is 21.6 Å². The Balaban J connectivity index is 2.48. The molecule has 1 fully saturated rings. The molecule has 2 aliphatic rings. The van der Waals surface area contributed by atoms with Crippen LogP contribution < -0.4 is 5.32 Å². The van der Waals surface area contributed by atoms with Gasteiger partial charge in [0.1, 0.15) is 0 Å². The van der Waals surface area contributed by atoms with Crippen LogP contribution in [0.1, 0.15) is 13.3 Å². The average molecular weight is 245 g/mol. The molecule has 3 N–H and O–H groups in total. The number of nitrogens with one attached hydrogen (secondary N) is 1. The van der Waals surface area contributed by atoms with Crippen molar-refractivity contribution in [2.45, 2.75) is 18.9 Å². The standard InChI is InChI=1S/C10H15NO4S/c1-6-3-9(16(13,14)15)7-4-10(7,12)8(6)5-11-2/h3,7,11-12H,4-5H2,1-2H3,(H,13,14,15)/t7-,10?/m1/s1. The lowest BCUT2D eigenvalue weighted by Crippen LogP contribution is -2.28. The molecule has 1 saturated carbocycles. The second kappa shape index (κ2) is 3.40. The predicted molar refractivity (Wildman–Crippen MR) is 59.3 cm³/mol. The second-order valence-corrected chi connectivity index (χ2v) is 5.82. The van der Waals surface area contributed by atoms with Crippen LogP contribution in [0.15, 0.2) is 22.1 Å². The van der Waals surface area contributed by atoms with Crippen molar-refractivity contribution in [3.8, 4) is 0 Å². The fourth-order valence-corrected chi connectivity index (χ4v) is 3.35. The molecule has 0 aliphatic heterocycles.